The standard InChI is InChI=1S/C25H23N7O4S/c1-3-36-22-11-9-20(10-12-22)31-24(19-7-5-13-26-15-19)29-30-25(31)37-16-23(33)28-27-17(2)18-6-4-8-21(14-18)32(34)35/h4-15H,3,16H2,1-2H3,(H,28,33)/b27-17-. The highest BCUT2D eigenvalue weighted by atomic mass is 32.2. The smallest absolute Gasteiger partial charge is 0.270 e. The molecule has 2 aromatic carbocycles. The van der Waals surface area contributed by atoms with E-state index in [-0.39, 0.29) is 17.3 Å². The van der Waals surface area contributed by atoms with E-state index in [4.69, 9.17) is 4.74 Å². The van der Waals surface area contributed by atoms with Crippen LogP contribution in [0.4, 0.5) is 5.69 Å². The second-order valence-corrected chi connectivity index (χ2v) is 8.58. The summed E-state index contributed by atoms with van der Waals surface area (Å²) < 4.78 is 7.39. The summed E-state index contributed by atoms with van der Waals surface area (Å²) in [5.41, 5.74) is 5.00. The second kappa shape index (κ2) is 11.9. The van der Waals surface area contributed by atoms with Crippen LogP contribution in [0.5, 0.6) is 5.75 Å². The number of ether oxygens (including phenoxy) is 1. The van der Waals surface area contributed by atoms with Crippen LogP contribution in [0.15, 0.2) is 83.3 Å². The number of nitrogens with one attached hydrogen (secondary N) is 1. The highest BCUT2D eigenvalue weighted by Gasteiger charge is 2.18. The zero-order valence-electron chi connectivity index (χ0n) is 20.1. The van der Waals surface area contributed by atoms with Gasteiger partial charge in [0.25, 0.3) is 11.6 Å². The number of thioether (sulfide) groups is 1. The third kappa shape index (κ3) is 6.35. The van der Waals surface area contributed by atoms with E-state index in [1.54, 1.807) is 31.5 Å². The van der Waals surface area contributed by atoms with Crippen LogP contribution < -0.4 is 10.2 Å². The van der Waals surface area contributed by atoms with Gasteiger partial charge in [0, 0.05) is 41.3 Å². The molecule has 4 aromatic rings. The third-order valence-electron chi connectivity index (χ3n) is 5.11. The van der Waals surface area contributed by atoms with Gasteiger partial charge in [-0.3, -0.25) is 24.5 Å². The summed E-state index contributed by atoms with van der Waals surface area (Å²) >= 11 is 1.20. The lowest BCUT2D eigenvalue weighted by atomic mass is 10.1. The monoisotopic (exact) mass is 517 g/mol. The van der Waals surface area contributed by atoms with Gasteiger partial charge in [-0.15, -0.1) is 10.2 Å². The number of pyridine rings is 1. The number of carbonyl (C=O) groups is 1. The molecule has 2 aromatic heterocycles. The minimum atomic E-state index is -0.480. The second-order valence-electron chi connectivity index (χ2n) is 7.64. The molecule has 0 atom stereocenters. The molecular weight excluding hydrogens is 494 g/mol. The van der Waals surface area contributed by atoms with E-state index in [0.29, 0.717) is 28.9 Å². The quantitative estimate of drug-likeness (QED) is 0.142. The molecule has 0 bridgehead atoms. The van der Waals surface area contributed by atoms with Gasteiger partial charge in [0.05, 0.1) is 23.0 Å². The lowest BCUT2D eigenvalue weighted by Crippen LogP contribution is -2.21. The Morgan fingerprint density at radius 1 is 1.16 bits per heavy atom. The minimum absolute atomic E-state index is 0.0217. The van der Waals surface area contributed by atoms with Crippen molar-refractivity contribution in [3.63, 3.8) is 0 Å². The Balaban J connectivity index is 1.51. The van der Waals surface area contributed by atoms with Crippen LogP contribution in [-0.4, -0.2) is 48.7 Å². The average molecular weight is 518 g/mol. The fraction of sp³-hybridized carbons (Fsp3) is 0.160. The summed E-state index contributed by atoms with van der Waals surface area (Å²) in [5, 5.41) is 24.2. The lowest BCUT2D eigenvalue weighted by Gasteiger charge is -2.11. The number of aromatic nitrogens is 4. The van der Waals surface area contributed by atoms with Crippen molar-refractivity contribution in [1.82, 2.24) is 25.2 Å². The summed E-state index contributed by atoms with van der Waals surface area (Å²) in [4.78, 5) is 27.2. The number of nitrogens with zero attached hydrogens (tertiary/aromatic N) is 6. The summed E-state index contributed by atoms with van der Waals surface area (Å²) in [5.74, 6) is 0.986. The van der Waals surface area contributed by atoms with E-state index in [2.05, 4.69) is 25.7 Å². The van der Waals surface area contributed by atoms with E-state index in [0.717, 1.165) is 17.0 Å². The van der Waals surface area contributed by atoms with Crippen molar-refractivity contribution < 1.29 is 14.5 Å². The van der Waals surface area contributed by atoms with E-state index in [1.807, 2.05) is 47.9 Å². The summed E-state index contributed by atoms with van der Waals surface area (Å²) in [6.45, 7) is 4.14. The molecule has 4 rings (SSSR count). The first-order valence-electron chi connectivity index (χ1n) is 11.3. The van der Waals surface area contributed by atoms with Crippen molar-refractivity contribution >= 4 is 29.1 Å². The molecule has 0 radical (unpaired) electrons. The minimum Gasteiger partial charge on any atom is -0.494 e. The Kier molecular flexibility index (Phi) is 8.21. The molecule has 0 aliphatic rings. The normalized spacial score (nSPS) is 11.2. The molecule has 0 spiro atoms. The van der Waals surface area contributed by atoms with Crippen molar-refractivity contribution in [2.24, 2.45) is 5.10 Å². The Labute approximate surface area is 216 Å². The zero-order chi connectivity index (χ0) is 26.2. The SMILES string of the molecule is CCOc1ccc(-n2c(SCC(=O)N/N=C(/C)c3cccc([N+](=O)[O-])c3)nnc2-c2cccnc2)cc1. The fourth-order valence-corrected chi connectivity index (χ4v) is 4.10. The van der Waals surface area contributed by atoms with Crippen molar-refractivity contribution in [2.75, 3.05) is 12.4 Å². The molecule has 12 heteroatoms. The molecular formula is C25H23N7O4S. The molecule has 2 heterocycles. The Morgan fingerprint density at radius 2 is 1.97 bits per heavy atom. The molecule has 0 aliphatic carbocycles. The maximum Gasteiger partial charge on any atom is 0.270 e. The van der Waals surface area contributed by atoms with Crippen molar-refractivity contribution in [3.05, 3.63) is 88.7 Å². The van der Waals surface area contributed by atoms with E-state index in [1.165, 1.54) is 23.9 Å². The number of rotatable bonds is 10. The Hall–Kier alpha value is -4.58. The van der Waals surface area contributed by atoms with Crippen LogP contribution in [0.2, 0.25) is 0 Å². The van der Waals surface area contributed by atoms with Crippen LogP contribution in [0.3, 0.4) is 0 Å². The number of hydrazone groups is 1. The highest BCUT2D eigenvalue weighted by molar-refractivity contribution is 7.99. The molecule has 1 amide bonds. The first-order chi connectivity index (χ1) is 18.0. The van der Waals surface area contributed by atoms with E-state index in [9.17, 15) is 14.9 Å². The third-order valence-corrected chi connectivity index (χ3v) is 6.04. The largest absolute Gasteiger partial charge is 0.494 e. The molecule has 0 fully saturated rings. The molecule has 1 N–H and O–H groups in total. The van der Waals surface area contributed by atoms with Gasteiger partial charge in [-0.25, -0.2) is 5.43 Å². The van der Waals surface area contributed by atoms with Crippen molar-refractivity contribution in [1.29, 1.82) is 0 Å². The molecule has 0 unspecified atom stereocenters. The number of amides is 1. The molecule has 0 saturated heterocycles. The number of hydrogen-bond donors (Lipinski definition) is 1. The van der Waals surface area contributed by atoms with Crippen LogP contribution in [-0.2, 0) is 4.79 Å². The van der Waals surface area contributed by atoms with Gasteiger partial charge in [0.2, 0.25) is 0 Å². The number of hydrogen-bond acceptors (Lipinski definition) is 9. The summed E-state index contributed by atoms with van der Waals surface area (Å²) in [7, 11) is 0. The predicted molar refractivity (Wildman–Crippen MR) is 140 cm³/mol. The van der Waals surface area contributed by atoms with Crippen LogP contribution in [0, 0.1) is 10.1 Å². The maximum absolute atomic E-state index is 12.5. The lowest BCUT2D eigenvalue weighted by molar-refractivity contribution is -0.384. The highest BCUT2D eigenvalue weighted by Crippen LogP contribution is 2.28. The summed E-state index contributed by atoms with van der Waals surface area (Å²) in [6.07, 6.45) is 3.37. The van der Waals surface area contributed by atoms with Gasteiger partial charge in [-0.2, -0.15) is 5.10 Å². The van der Waals surface area contributed by atoms with Gasteiger partial charge in [-0.1, -0.05) is 23.9 Å². The Morgan fingerprint density at radius 3 is 2.68 bits per heavy atom. The Bertz CT molecular complexity index is 1420. The van der Waals surface area contributed by atoms with Crippen LogP contribution in [0.1, 0.15) is 19.4 Å². The van der Waals surface area contributed by atoms with Crippen molar-refractivity contribution in [2.45, 2.75) is 19.0 Å². The van der Waals surface area contributed by atoms with Gasteiger partial charge < -0.3 is 4.74 Å². The fourth-order valence-electron chi connectivity index (χ4n) is 3.35. The predicted octanol–water partition coefficient (Wildman–Crippen LogP) is 4.27. The van der Waals surface area contributed by atoms with Crippen LogP contribution in [0.25, 0.3) is 17.1 Å². The maximum atomic E-state index is 12.5. The zero-order valence-corrected chi connectivity index (χ0v) is 20.9. The number of nitro benzene ring substituents is 1. The number of non-ortho nitro benzene ring substituents is 1. The van der Waals surface area contributed by atoms with Gasteiger partial charge in [0.15, 0.2) is 11.0 Å². The van der Waals surface area contributed by atoms with E-state index < -0.39 is 4.92 Å². The number of carbonyl (C=O) groups excluding carboxylic acids is 1. The van der Waals surface area contributed by atoms with E-state index >= 15 is 0 Å². The topological polar surface area (TPSA) is 137 Å². The molecule has 188 valence electrons. The molecule has 0 saturated carbocycles. The molecule has 0 aliphatic heterocycles. The average Bonchev–Trinajstić information content (AvgIpc) is 3.35. The number of benzene rings is 2. The first kappa shape index (κ1) is 25.5. The van der Waals surface area contributed by atoms with Gasteiger partial charge >= 0.3 is 0 Å². The van der Waals surface area contributed by atoms with Gasteiger partial charge in [-0.05, 0) is 50.2 Å². The molecule has 11 nitrogen and oxygen atoms in total. The summed E-state index contributed by atoms with van der Waals surface area (Å²) in [6, 6.07) is 17.3. The van der Waals surface area contributed by atoms with Crippen molar-refractivity contribution in [3.8, 4) is 22.8 Å². The van der Waals surface area contributed by atoms with Crippen LogP contribution >= 0.6 is 11.8 Å². The number of nitro groups is 1. The first-order valence-corrected chi connectivity index (χ1v) is 12.2. The van der Waals surface area contributed by atoms with Gasteiger partial charge in [0.1, 0.15) is 5.75 Å². The molecule has 37 heavy (non-hydrogen) atoms.